The van der Waals surface area contributed by atoms with Crippen molar-refractivity contribution in [1.82, 2.24) is 15.5 Å². The van der Waals surface area contributed by atoms with Crippen LogP contribution >= 0.6 is 11.3 Å². The molecule has 152 valence electrons. The Morgan fingerprint density at radius 2 is 2.00 bits per heavy atom. The van der Waals surface area contributed by atoms with Gasteiger partial charge in [0, 0.05) is 12.0 Å². The van der Waals surface area contributed by atoms with E-state index < -0.39 is 0 Å². The van der Waals surface area contributed by atoms with Gasteiger partial charge in [0.1, 0.15) is 0 Å². The van der Waals surface area contributed by atoms with Crippen LogP contribution in [0.4, 0.5) is 0 Å². The quantitative estimate of drug-likeness (QED) is 0.636. The van der Waals surface area contributed by atoms with E-state index >= 15 is 0 Å². The van der Waals surface area contributed by atoms with Crippen molar-refractivity contribution >= 4 is 17.2 Å². The zero-order valence-corrected chi connectivity index (χ0v) is 17.6. The molecule has 6 nitrogen and oxygen atoms in total. The van der Waals surface area contributed by atoms with E-state index in [9.17, 15) is 4.79 Å². The van der Waals surface area contributed by atoms with Crippen molar-refractivity contribution in [2.75, 3.05) is 13.2 Å². The van der Waals surface area contributed by atoms with E-state index in [1.54, 1.807) is 11.3 Å². The summed E-state index contributed by atoms with van der Waals surface area (Å²) in [6, 6.07) is 9.72. The zero-order valence-electron chi connectivity index (χ0n) is 16.8. The Labute approximate surface area is 174 Å². The minimum atomic E-state index is -0.188. The number of hydrogen-bond donors (Lipinski definition) is 2. The number of hydrogen-bond acceptors (Lipinski definition) is 5. The molecule has 4 rings (SSSR count). The normalized spacial score (nSPS) is 14.5. The molecule has 0 radical (unpaired) electrons. The predicted octanol–water partition coefficient (Wildman–Crippen LogP) is 4.74. The molecule has 0 spiro atoms. The number of H-pyrrole nitrogens is 1. The highest BCUT2D eigenvalue weighted by Gasteiger charge is 2.24. The first-order valence-electron chi connectivity index (χ1n) is 9.84. The van der Waals surface area contributed by atoms with Gasteiger partial charge in [-0.1, -0.05) is 26.0 Å². The van der Waals surface area contributed by atoms with Gasteiger partial charge in [0.25, 0.3) is 5.91 Å². The van der Waals surface area contributed by atoms with Crippen molar-refractivity contribution in [3.63, 3.8) is 0 Å². The van der Waals surface area contributed by atoms with Crippen molar-refractivity contribution in [2.45, 2.75) is 33.2 Å². The van der Waals surface area contributed by atoms with Gasteiger partial charge in [0.05, 0.1) is 29.8 Å². The van der Waals surface area contributed by atoms with E-state index in [0.717, 1.165) is 39.6 Å². The third-order valence-electron chi connectivity index (χ3n) is 5.08. The predicted molar refractivity (Wildman–Crippen MR) is 114 cm³/mol. The van der Waals surface area contributed by atoms with Gasteiger partial charge in [0.15, 0.2) is 17.2 Å². The van der Waals surface area contributed by atoms with Gasteiger partial charge in [-0.2, -0.15) is 5.10 Å². The zero-order chi connectivity index (χ0) is 20.4. The maximum absolute atomic E-state index is 13.0. The summed E-state index contributed by atoms with van der Waals surface area (Å²) in [6.45, 7) is 7.38. The fourth-order valence-electron chi connectivity index (χ4n) is 3.50. The van der Waals surface area contributed by atoms with Crippen molar-refractivity contribution in [2.24, 2.45) is 5.92 Å². The number of aromatic nitrogens is 2. The van der Waals surface area contributed by atoms with Gasteiger partial charge in [0.2, 0.25) is 0 Å². The minimum absolute atomic E-state index is 0.166. The molecule has 0 saturated carbocycles. The first kappa shape index (κ1) is 19.5. The van der Waals surface area contributed by atoms with Crippen LogP contribution in [0, 0.1) is 12.8 Å². The van der Waals surface area contributed by atoms with Crippen LogP contribution in [0.1, 0.15) is 47.9 Å². The molecule has 2 N–H and O–H groups in total. The van der Waals surface area contributed by atoms with Crippen LogP contribution in [-0.4, -0.2) is 29.3 Å². The fourth-order valence-corrected chi connectivity index (χ4v) is 4.27. The highest BCUT2D eigenvalue weighted by Crippen LogP contribution is 2.34. The summed E-state index contributed by atoms with van der Waals surface area (Å²) in [5.74, 6) is 1.49. The van der Waals surface area contributed by atoms with Gasteiger partial charge < -0.3 is 14.8 Å². The van der Waals surface area contributed by atoms with Crippen LogP contribution in [-0.2, 0) is 0 Å². The largest absolute Gasteiger partial charge is 0.490 e. The SMILES string of the molecule is Cc1c(C(=O)N[C@H](c2ccc3c(c2)OCCCO3)C(C)C)n[nH]c1-c1cccs1. The number of ether oxygens (including phenoxy) is 2. The van der Waals surface area contributed by atoms with Crippen molar-refractivity contribution in [3.05, 3.63) is 52.5 Å². The first-order chi connectivity index (χ1) is 14.0. The topological polar surface area (TPSA) is 76.2 Å². The van der Waals surface area contributed by atoms with E-state index in [4.69, 9.17) is 9.47 Å². The summed E-state index contributed by atoms with van der Waals surface area (Å²) in [5.41, 5.74) is 3.16. The van der Waals surface area contributed by atoms with Crippen molar-refractivity contribution < 1.29 is 14.3 Å². The van der Waals surface area contributed by atoms with Gasteiger partial charge in [-0.15, -0.1) is 11.3 Å². The lowest BCUT2D eigenvalue weighted by Gasteiger charge is -2.23. The van der Waals surface area contributed by atoms with E-state index in [-0.39, 0.29) is 17.9 Å². The molecule has 0 bridgehead atoms. The van der Waals surface area contributed by atoms with E-state index in [1.807, 2.05) is 42.6 Å². The summed E-state index contributed by atoms with van der Waals surface area (Å²) in [4.78, 5) is 14.1. The second-order valence-corrected chi connectivity index (χ2v) is 8.45. The van der Waals surface area contributed by atoms with Crippen LogP contribution in [0.2, 0.25) is 0 Å². The minimum Gasteiger partial charge on any atom is -0.490 e. The van der Waals surface area contributed by atoms with Crippen molar-refractivity contribution in [3.8, 4) is 22.1 Å². The molecule has 2 aromatic heterocycles. The van der Waals surface area contributed by atoms with E-state index in [0.29, 0.717) is 18.9 Å². The van der Waals surface area contributed by atoms with Crippen LogP contribution in [0.25, 0.3) is 10.6 Å². The second kappa shape index (κ2) is 8.29. The Kier molecular flexibility index (Phi) is 5.58. The molecule has 1 aliphatic heterocycles. The summed E-state index contributed by atoms with van der Waals surface area (Å²) in [5, 5.41) is 12.5. The second-order valence-electron chi connectivity index (χ2n) is 7.50. The average molecular weight is 412 g/mol. The lowest BCUT2D eigenvalue weighted by atomic mass is 9.95. The summed E-state index contributed by atoms with van der Waals surface area (Å²) >= 11 is 1.62. The highest BCUT2D eigenvalue weighted by molar-refractivity contribution is 7.13. The standard InChI is InChI=1S/C22H25N3O3S/c1-13(2)19(15-7-8-16-17(12-15)28-10-5-9-27-16)23-22(26)21-14(3)20(24-25-21)18-6-4-11-29-18/h4,6-8,11-13,19H,5,9-10H2,1-3H3,(H,23,26)(H,24,25)/t19-/m0/s1. The fraction of sp³-hybridized carbons (Fsp3) is 0.364. The Morgan fingerprint density at radius 1 is 1.21 bits per heavy atom. The molecule has 3 heterocycles. The number of fused-ring (bicyclic) bond motifs is 1. The third-order valence-corrected chi connectivity index (χ3v) is 5.96. The number of amides is 1. The molecular formula is C22H25N3O3S. The highest BCUT2D eigenvalue weighted by atomic mass is 32.1. The van der Waals surface area contributed by atoms with E-state index in [1.165, 1.54) is 0 Å². The smallest absolute Gasteiger partial charge is 0.272 e. The number of aromatic amines is 1. The molecule has 0 aliphatic carbocycles. The van der Waals surface area contributed by atoms with Gasteiger partial charge >= 0.3 is 0 Å². The molecule has 0 unspecified atom stereocenters. The van der Waals surface area contributed by atoms with Crippen LogP contribution in [0.5, 0.6) is 11.5 Å². The molecule has 0 fully saturated rings. The molecule has 0 saturated heterocycles. The van der Waals surface area contributed by atoms with Crippen LogP contribution < -0.4 is 14.8 Å². The van der Waals surface area contributed by atoms with Crippen LogP contribution in [0.15, 0.2) is 35.7 Å². The van der Waals surface area contributed by atoms with Gasteiger partial charge in [-0.3, -0.25) is 9.89 Å². The van der Waals surface area contributed by atoms with E-state index in [2.05, 4.69) is 29.4 Å². The average Bonchev–Trinajstić information content (AvgIpc) is 3.29. The summed E-state index contributed by atoms with van der Waals surface area (Å²) < 4.78 is 11.5. The number of rotatable bonds is 5. The number of nitrogens with one attached hydrogen (secondary N) is 2. The number of carbonyl (C=O) groups is 1. The maximum Gasteiger partial charge on any atom is 0.272 e. The van der Waals surface area contributed by atoms with Crippen LogP contribution in [0.3, 0.4) is 0 Å². The molecule has 7 heteroatoms. The maximum atomic E-state index is 13.0. The number of thiophene rings is 1. The molecule has 1 amide bonds. The molecule has 3 aromatic rings. The summed E-state index contributed by atoms with van der Waals surface area (Å²) in [6.07, 6.45) is 0.860. The molecule has 29 heavy (non-hydrogen) atoms. The number of nitrogens with zero attached hydrogens (tertiary/aromatic N) is 1. The Hall–Kier alpha value is -2.80. The Morgan fingerprint density at radius 3 is 2.72 bits per heavy atom. The first-order valence-corrected chi connectivity index (χ1v) is 10.7. The van der Waals surface area contributed by atoms with Gasteiger partial charge in [-0.05, 0) is 42.0 Å². The lowest BCUT2D eigenvalue weighted by molar-refractivity contribution is 0.0919. The number of benzene rings is 1. The lowest BCUT2D eigenvalue weighted by Crippen LogP contribution is -2.32. The molecular weight excluding hydrogens is 386 g/mol. The monoisotopic (exact) mass is 411 g/mol. The number of carbonyl (C=O) groups excluding carboxylic acids is 1. The molecule has 1 atom stereocenters. The molecule has 1 aliphatic rings. The van der Waals surface area contributed by atoms with Gasteiger partial charge in [-0.25, -0.2) is 0 Å². The molecule has 1 aromatic carbocycles. The summed E-state index contributed by atoms with van der Waals surface area (Å²) in [7, 11) is 0. The Balaban J connectivity index is 1.58. The third kappa shape index (κ3) is 4.00. The van der Waals surface area contributed by atoms with Crippen molar-refractivity contribution in [1.29, 1.82) is 0 Å². The Bertz CT molecular complexity index is 995.